The highest BCUT2D eigenvalue weighted by atomic mass is 19.3. The summed E-state index contributed by atoms with van der Waals surface area (Å²) in [7, 11) is 0. The Morgan fingerprint density at radius 3 is 2.81 bits per heavy atom. The van der Waals surface area contributed by atoms with E-state index in [2.05, 4.69) is 42.5 Å². The van der Waals surface area contributed by atoms with Crippen LogP contribution < -0.4 is 10.6 Å². The molecule has 8 nitrogen and oxygen atoms in total. The number of aromatic nitrogens is 5. The fourth-order valence-electron chi connectivity index (χ4n) is 4.78. The minimum atomic E-state index is -2.62. The number of benzene rings is 1. The Hall–Kier alpha value is -3.44. The summed E-state index contributed by atoms with van der Waals surface area (Å²) in [5.41, 5.74) is 3.10. The van der Waals surface area contributed by atoms with Crippen LogP contribution in [0.5, 0.6) is 0 Å². The molecule has 2 fully saturated rings. The second kappa shape index (κ2) is 8.90. The van der Waals surface area contributed by atoms with E-state index < -0.39 is 17.7 Å². The second-order valence-electron chi connectivity index (χ2n) is 9.61. The number of aromatic amines is 1. The fourth-order valence-corrected chi connectivity index (χ4v) is 4.78. The molecule has 188 valence electrons. The SMILES string of the molecule is CC(c1ccnc(Nc2nc3cc(-c4cnn(CC5CC5(F)F)c4)c(F)cc3[nH]2)c1)N1CCNCC1. The normalized spacial score (nSPS) is 20.5. The highest BCUT2D eigenvalue weighted by Crippen LogP contribution is 2.49. The Balaban J connectivity index is 1.20. The summed E-state index contributed by atoms with van der Waals surface area (Å²) in [5, 5.41) is 10.7. The Morgan fingerprint density at radius 1 is 1.22 bits per heavy atom. The predicted octanol–water partition coefficient (Wildman–Crippen LogP) is 4.33. The van der Waals surface area contributed by atoms with Gasteiger partial charge in [0.15, 0.2) is 0 Å². The topological polar surface area (TPSA) is 86.7 Å². The van der Waals surface area contributed by atoms with Crippen LogP contribution in [0.4, 0.5) is 24.9 Å². The van der Waals surface area contributed by atoms with Crippen molar-refractivity contribution in [1.29, 1.82) is 0 Å². The number of nitrogens with zero attached hydrogens (tertiary/aromatic N) is 5. The van der Waals surface area contributed by atoms with E-state index in [1.165, 1.54) is 16.9 Å². The van der Waals surface area contributed by atoms with Gasteiger partial charge in [-0.05, 0) is 30.7 Å². The molecule has 3 aromatic heterocycles. The standard InChI is InChI=1S/C25H27F3N8/c1-15(35-6-4-29-5-7-35)16-2-3-30-23(8-16)34-24-32-21-9-19(20(26)10-22(21)33-24)17-12-31-36(13-17)14-18-11-25(18,27)28/h2-3,8-10,12-13,15,18,29H,4-7,11,14H2,1H3,(H2,30,32,33,34). The minimum absolute atomic E-state index is 0.118. The van der Waals surface area contributed by atoms with E-state index in [4.69, 9.17) is 0 Å². The van der Waals surface area contributed by atoms with Crippen molar-refractivity contribution in [2.45, 2.75) is 31.9 Å². The molecule has 2 aliphatic rings. The average Bonchev–Trinajstić information content (AvgIpc) is 3.20. The molecular formula is C25H27F3N8. The van der Waals surface area contributed by atoms with Gasteiger partial charge in [-0.1, -0.05) is 0 Å². The van der Waals surface area contributed by atoms with Crippen LogP contribution in [0.25, 0.3) is 22.2 Å². The van der Waals surface area contributed by atoms with Gasteiger partial charge in [0.25, 0.3) is 5.92 Å². The first-order chi connectivity index (χ1) is 17.4. The molecule has 0 spiro atoms. The van der Waals surface area contributed by atoms with Gasteiger partial charge >= 0.3 is 0 Å². The maximum atomic E-state index is 14.9. The van der Waals surface area contributed by atoms with E-state index in [0.717, 1.165) is 31.7 Å². The maximum absolute atomic E-state index is 14.9. The van der Waals surface area contributed by atoms with Crippen molar-refractivity contribution in [1.82, 2.24) is 34.9 Å². The number of anilines is 2. The van der Waals surface area contributed by atoms with Crippen LogP contribution in [-0.2, 0) is 6.54 Å². The fraction of sp³-hybridized carbons (Fsp3) is 0.400. The molecule has 3 N–H and O–H groups in total. The number of hydrogen-bond acceptors (Lipinski definition) is 6. The molecule has 4 heterocycles. The van der Waals surface area contributed by atoms with Crippen molar-refractivity contribution >= 4 is 22.8 Å². The molecule has 36 heavy (non-hydrogen) atoms. The van der Waals surface area contributed by atoms with Gasteiger partial charge in [-0.25, -0.2) is 23.1 Å². The van der Waals surface area contributed by atoms with Crippen molar-refractivity contribution < 1.29 is 13.2 Å². The Morgan fingerprint density at radius 2 is 2.03 bits per heavy atom. The first-order valence-corrected chi connectivity index (χ1v) is 12.1. The molecule has 1 saturated carbocycles. The monoisotopic (exact) mass is 496 g/mol. The molecule has 1 aliphatic heterocycles. The van der Waals surface area contributed by atoms with Crippen molar-refractivity contribution in [2.75, 3.05) is 31.5 Å². The number of hydrogen-bond donors (Lipinski definition) is 3. The zero-order chi connectivity index (χ0) is 24.9. The van der Waals surface area contributed by atoms with Gasteiger partial charge in [0.05, 0.1) is 17.2 Å². The maximum Gasteiger partial charge on any atom is 0.253 e. The number of alkyl halides is 2. The van der Waals surface area contributed by atoms with Gasteiger partial charge in [-0.3, -0.25) is 9.58 Å². The van der Waals surface area contributed by atoms with Crippen LogP contribution in [0.15, 0.2) is 42.9 Å². The van der Waals surface area contributed by atoms with E-state index in [9.17, 15) is 13.2 Å². The average molecular weight is 497 g/mol. The summed E-state index contributed by atoms with van der Waals surface area (Å²) >= 11 is 0. The first kappa shape index (κ1) is 23.0. The van der Waals surface area contributed by atoms with E-state index in [1.54, 1.807) is 18.5 Å². The highest BCUT2D eigenvalue weighted by Gasteiger charge is 2.56. The molecule has 2 atom stereocenters. The van der Waals surface area contributed by atoms with E-state index in [0.29, 0.717) is 33.9 Å². The summed E-state index contributed by atoms with van der Waals surface area (Å²) in [5.74, 6) is -2.67. The third-order valence-corrected chi connectivity index (χ3v) is 7.09. The number of halogens is 3. The van der Waals surface area contributed by atoms with Crippen molar-refractivity contribution in [3.8, 4) is 11.1 Å². The number of fused-ring (bicyclic) bond motifs is 1. The molecule has 0 radical (unpaired) electrons. The zero-order valence-electron chi connectivity index (χ0n) is 19.8. The van der Waals surface area contributed by atoms with Crippen molar-refractivity contribution in [3.63, 3.8) is 0 Å². The molecule has 1 saturated heterocycles. The number of rotatable bonds is 7. The minimum Gasteiger partial charge on any atom is -0.324 e. The molecule has 6 rings (SSSR count). The molecule has 0 amide bonds. The first-order valence-electron chi connectivity index (χ1n) is 12.1. The largest absolute Gasteiger partial charge is 0.324 e. The van der Waals surface area contributed by atoms with Gasteiger partial charge < -0.3 is 15.6 Å². The summed E-state index contributed by atoms with van der Waals surface area (Å²) in [6.07, 6.45) is 4.73. The van der Waals surface area contributed by atoms with Gasteiger partial charge in [0.2, 0.25) is 5.95 Å². The lowest BCUT2D eigenvalue weighted by Gasteiger charge is -2.33. The molecular weight excluding hydrogens is 469 g/mol. The number of H-pyrrole nitrogens is 1. The summed E-state index contributed by atoms with van der Waals surface area (Å²) in [6.45, 7) is 6.26. The van der Waals surface area contributed by atoms with Gasteiger partial charge in [0.1, 0.15) is 11.6 Å². The Kier molecular flexibility index (Phi) is 5.68. The lowest BCUT2D eigenvalue weighted by molar-refractivity contribution is 0.0942. The molecule has 2 unspecified atom stereocenters. The molecule has 1 aromatic carbocycles. The van der Waals surface area contributed by atoms with Crippen LogP contribution >= 0.6 is 0 Å². The molecule has 11 heteroatoms. The van der Waals surface area contributed by atoms with Crippen LogP contribution in [-0.4, -0.2) is 61.7 Å². The summed E-state index contributed by atoms with van der Waals surface area (Å²) in [6, 6.07) is 7.29. The summed E-state index contributed by atoms with van der Waals surface area (Å²) < 4.78 is 42.8. The third kappa shape index (κ3) is 4.56. The Labute approximate surface area is 205 Å². The lowest BCUT2D eigenvalue weighted by atomic mass is 10.1. The van der Waals surface area contributed by atoms with E-state index in [-0.39, 0.29) is 19.0 Å². The molecule has 1 aliphatic carbocycles. The number of pyridine rings is 1. The zero-order valence-corrected chi connectivity index (χ0v) is 19.8. The lowest BCUT2D eigenvalue weighted by Crippen LogP contribution is -2.44. The Bertz CT molecular complexity index is 1390. The smallest absolute Gasteiger partial charge is 0.253 e. The number of nitrogens with one attached hydrogen (secondary N) is 3. The number of imidazole rings is 1. The van der Waals surface area contributed by atoms with Gasteiger partial charge in [-0.2, -0.15) is 5.10 Å². The van der Waals surface area contributed by atoms with Crippen LogP contribution in [0.2, 0.25) is 0 Å². The quantitative estimate of drug-likeness (QED) is 0.353. The number of piperazine rings is 1. The highest BCUT2D eigenvalue weighted by molar-refractivity contribution is 5.84. The van der Waals surface area contributed by atoms with Crippen molar-refractivity contribution in [2.24, 2.45) is 5.92 Å². The second-order valence-corrected chi connectivity index (χ2v) is 9.61. The summed E-state index contributed by atoms with van der Waals surface area (Å²) in [4.78, 5) is 14.5. The van der Waals surface area contributed by atoms with E-state index >= 15 is 0 Å². The van der Waals surface area contributed by atoms with E-state index in [1.807, 2.05) is 12.1 Å². The van der Waals surface area contributed by atoms with Crippen LogP contribution in [0.3, 0.4) is 0 Å². The van der Waals surface area contributed by atoms with Crippen LogP contribution in [0.1, 0.15) is 24.9 Å². The molecule has 4 aromatic rings. The van der Waals surface area contributed by atoms with Crippen LogP contribution in [0, 0.1) is 11.7 Å². The van der Waals surface area contributed by atoms with Gasteiger partial charge in [0, 0.05) is 80.7 Å². The third-order valence-electron chi connectivity index (χ3n) is 7.09. The molecule has 0 bridgehead atoms. The predicted molar refractivity (Wildman–Crippen MR) is 131 cm³/mol. The van der Waals surface area contributed by atoms with Gasteiger partial charge in [-0.15, -0.1) is 0 Å². The van der Waals surface area contributed by atoms with Crippen molar-refractivity contribution in [3.05, 3.63) is 54.2 Å².